The lowest BCUT2D eigenvalue weighted by Gasteiger charge is -2.13. The van der Waals surface area contributed by atoms with Crippen molar-refractivity contribution in [2.75, 3.05) is 0 Å². The van der Waals surface area contributed by atoms with E-state index >= 15 is 0 Å². The average Bonchev–Trinajstić information content (AvgIpc) is 2.25. The van der Waals surface area contributed by atoms with Crippen molar-refractivity contribution in [3.05, 3.63) is 23.8 Å². The zero-order valence-electron chi connectivity index (χ0n) is 11.1. The van der Waals surface area contributed by atoms with Gasteiger partial charge in [0, 0.05) is 19.9 Å². The Morgan fingerprint density at radius 2 is 1.50 bits per heavy atom. The average molecular weight is 250 g/mol. The van der Waals surface area contributed by atoms with Crippen LogP contribution in [0.4, 0.5) is 0 Å². The second-order valence-corrected chi connectivity index (χ2v) is 4.23. The Balaban J connectivity index is 3.10. The molecule has 0 spiro atoms. The van der Waals surface area contributed by atoms with Crippen LogP contribution in [0.3, 0.4) is 0 Å². The number of benzene rings is 1. The first-order valence-electron chi connectivity index (χ1n) is 5.94. The normalized spacial score (nSPS) is 11.8. The van der Waals surface area contributed by atoms with Crippen molar-refractivity contribution in [3.63, 3.8) is 0 Å². The van der Waals surface area contributed by atoms with Crippen molar-refractivity contribution in [2.45, 2.75) is 40.0 Å². The second-order valence-electron chi connectivity index (χ2n) is 4.23. The summed E-state index contributed by atoms with van der Waals surface area (Å²) in [5.74, 6) is 0.304. The summed E-state index contributed by atoms with van der Waals surface area (Å²) in [5, 5.41) is 0. The standard InChI is InChI=1S/C14H18O4/c1-5-9(2)12-6-13(17-10(3)15)8-14(7-12)18-11(4)16/h6-9H,5H2,1-4H3. The van der Waals surface area contributed by atoms with Crippen LogP contribution in [0.2, 0.25) is 0 Å². The fourth-order valence-corrected chi connectivity index (χ4v) is 1.56. The Labute approximate surface area is 107 Å². The number of rotatable bonds is 4. The molecule has 0 aliphatic rings. The topological polar surface area (TPSA) is 52.6 Å². The van der Waals surface area contributed by atoms with Gasteiger partial charge in [0.2, 0.25) is 0 Å². The van der Waals surface area contributed by atoms with Crippen LogP contribution in [0.5, 0.6) is 11.5 Å². The molecule has 0 N–H and O–H groups in total. The van der Waals surface area contributed by atoms with E-state index in [4.69, 9.17) is 9.47 Å². The first kappa shape index (κ1) is 14.2. The Bertz CT molecular complexity index is 417. The van der Waals surface area contributed by atoms with Crippen LogP contribution in [-0.4, -0.2) is 11.9 Å². The number of ether oxygens (including phenoxy) is 2. The molecule has 1 aromatic carbocycles. The molecule has 0 aliphatic carbocycles. The molecule has 0 fully saturated rings. The minimum atomic E-state index is -0.398. The minimum Gasteiger partial charge on any atom is -0.427 e. The van der Waals surface area contributed by atoms with Gasteiger partial charge in [0.1, 0.15) is 11.5 Å². The molecule has 1 rings (SSSR count). The minimum absolute atomic E-state index is 0.301. The molecule has 98 valence electrons. The molecular weight excluding hydrogens is 232 g/mol. The van der Waals surface area contributed by atoms with Crippen LogP contribution in [0, 0.1) is 0 Å². The SMILES string of the molecule is CCC(C)c1cc(OC(C)=O)cc(OC(C)=O)c1. The maximum atomic E-state index is 11.0. The third-order valence-corrected chi connectivity index (χ3v) is 2.61. The zero-order valence-corrected chi connectivity index (χ0v) is 11.1. The van der Waals surface area contributed by atoms with Gasteiger partial charge in [0.15, 0.2) is 0 Å². The van der Waals surface area contributed by atoms with Gasteiger partial charge in [-0.2, -0.15) is 0 Å². The molecule has 0 saturated carbocycles. The van der Waals surface area contributed by atoms with Crippen molar-refractivity contribution >= 4 is 11.9 Å². The number of hydrogen-bond donors (Lipinski definition) is 0. The Hall–Kier alpha value is -1.84. The molecule has 0 radical (unpaired) electrons. The first-order chi connectivity index (χ1) is 8.42. The fourth-order valence-electron chi connectivity index (χ4n) is 1.56. The van der Waals surface area contributed by atoms with E-state index < -0.39 is 11.9 Å². The lowest BCUT2D eigenvalue weighted by atomic mass is 9.98. The van der Waals surface area contributed by atoms with E-state index in [0.717, 1.165) is 12.0 Å². The van der Waals surface area contributed by atoms with Crippen LogP contribution >= 0.6 is 0 Å². The molecule has 4 heteroatoms. The van der Waals surface area contributed by atoms with Gasteiger partial charge in [-0.15, -0.1) is 0 Å². The molecule has 0 heterocycles. The predicted molar refractivity (Wildman–Crippen MR) is 67.8 cm³/mol. The highest BCUT2D eigenvalue weighted by Gasteiger charge is 2.10. The number of carbonyl (C=O) groups is 2. The van der Waals surface area contributed by atoms with Gasteiger partial charge in [0.25, 0.3) is 0 Å². The highest BCUT2D eigenvalue weighted by atomic mass is 16.5. The van der Waals surface area contributed by atoms with Crippen molar-refractivity contribution < 1.29 is 19.1 Å². The third-order valence-electron chi connectivity index (χ3n) is 2.61. The fraction of sp³-hybridized carbons (Fsp3) is 0.429. The second kappa shape index (κ2) is 6.19. The molecule has 0 bridgehead atoms. The summed E-state index contributed by atoms with van der Waals surface area (Å²) >= 11 is 0. The summed E-state index contributed by atoms with van der Waals surface area (Å²) in [4.78, 5) is 21.9. The first-order valence-corrected chi connectivity index (χ1v) is 5.94. The van der Waals surface area contributed by atoms with Gasteiger partial charge >= 0.3 is 11.9 Å². The van der Waals surface area contributed by atoms with Crippen LogP contribution in [0.15, 0.2) is 18.2 Å². The van der Waals surface area contributed by atoms with Crippen LogP contribution < -0.4 is 9.47 Å². The highest BCUT2D eigenvalue weighted by Crippen LogP contribution is 2.29. The molecule has 4 nitrogen and oxygen atoms in total. The number of carbonyl (C=O) groups excluding carboxylic acids is 2. The van der Waals surface area contributed by atoms with Crippen LogP contribution in [0.25, 0.3) is 0 Å². The molecule has 0 aromatic heterocycles. The van der Waals surface area contributed by atoms with Crippen LogP contribution in [0.1, 0.15) is 45.6 Å². The number of esters is 2. The summed E-state index contributed by atoms with van der Waals surface area (Å²) in [6.07, 6.45) is 0.947. The van der Waals surface area contributed by atoms with E-state index in [1.54, 1.807) is 12.1 Å². The van der Waals surface area contributed by atoms with E-state index in [0.29, 0.717) is 17.4 Å². The highest BCUT2D eigenvalue weighted by molar-refractivity contribution is 5.71. The van der Waals surface area contributed by atoms with E-state index in [9.17, 15) is 9.59 Å². The molecule has 0 saturated heterocycles. The molecular formula is C14H18O4. The van der Waals surface area contributed by atoms with E-state index in [1.165, 1.54) is 19.9 Å². The van der Waals surface area contributed by atoms with Gasteiger partial charge < -0.3 is 9.47 Å². The molecule has 18 heavy (non-hydrogen) atoms. The summed E-state index contributed by atoms with van der Waals surface area (Å²) in [7, 11) is 0. The van der Waals surface area contributed by atoms with Gasteiger partial charge in [-0.1, -0.05) is 13.8 Å². The van der Waals surface area contributed by atoms with E-state index in [2.05, 4.69) is 13.8 Å². The lowest BCUT2D eigenvalue weighted by molar-refractivity contribution is -0.132. The molecule has 1 aromatic rings. The van der Waals surface area contributed by atoms with Crippen molar-refractivity contribution in [2.24, 2.45) is 0 Å². The molecule has 1 unspecified atom stereocenters. The van der Waals surface area contributed by atoms with Crippen molar-refractivity contribution in [1.29, 1.82) is 0 Å². The maximum absolute atomic E-state index is 11.0. The Kier molecular flexibility index (Phi) is 4.89. The van der Waals surface area contributed by atoms with Crippen molar-refractivity contribution in [3.8, 4) is 11.5 Å². The van der Waals surface area contributed by atoms with E-state index in [1.807, 2.05) is 0 Å². The van der Waals surface area contributed by atoms with Gasteiger partial charge in [-0.3, -0.25) is 9.59 Å². The zero-order chi connectivity index (χ0) is 13.7. The van der Waals surface area contributed by atoms with Crippen LogP contribution in [-0.2, 0) is 9.59 Å². The Morgan fingerprint density at radius 1 is 1.06 bits per heavy atom. The maximum Gasteiger partial charge on any atom is 0.308 e. The third kappa shape index (κ3) is 4.20. The quantitative estimate of drug-likeness (QED) is 0.608. The van der Waals surface area contributed by atoms with E-state index in [-0.39, 0.29) is 0 Å². The lowest BCUT2D eigenvalue weighted by Crippen LogP contribution is -2.05. The summed E-state index contributed by atoms with van der Waals surface area (Å²) in [5.41, 5.74) is 0.979. The van der Waals surface area contributed by atoms with Gasteiger partial charge in [0.05, 0.1) is 0 Å². The smallest absolute Gasteiger partial charge is 0.308 e. The number of hydrogen-bond acceptors (Lipinski definition) is 4. The molecule has 0 amide bonds. The summed E-state index contributed by atoms with van der Waals surface area (Å²) < 4.78 is 10.1. The van der Waals surface area contributed by atoms with Crippen molar-refractivity contribution in [1.82, 2.24) is 0 Å². The summed E-state index contributed by atoms with van der Waals surface area (Å²) in [6.45, 7) is 6.79. The molecule has 0 aliphatic heterocycles. The Morgan fingerprint density at radius 3 is 1.83 bits per heavy atom. The predicted octanol–water partition coefficient (Wildman–Crippen LogP) is 3.05. The van der Waals surface area contributed by atoms with Gasteiger partial charge in [-0.25, -0.2) is 0 Å². The van der Waals surface area contributed by atoms with Gasteiger partial charge in [-0.05, 0) is 30.0 Å². The largest absolute Gasteiger partial charge is 0.427 e. The summed E-state index contributed by atoms with van der Waals surface area (Å²) in [6, 6.07) is 5.12. The monoisotopic (exact) mass is 250 g/mol. The molecule has 1 atom stereocenters.